The van der Waals surface area contributed by atoms with Crippen LogP contribution in [-0.4, -0.2) is 26.4 Å². The van der Waals surface area contributed by atoms with Crippen LogP contribution in [0.2, 0.25) is 0 Å². The lowest BCUT2D eigenvalue weighted by Crippen LogP contribution is -2.24. The molecule has 0 aromatic carbocycles. The van der Waals surface area contributed by atoms with Gasteiger partial charge in [0.2, 0.25) is 0 Å². The van der Waals surface area contributed by atoms with Crippen LogP contribution in [0.3, 0.4) is 0 Å². The lowest BCUT2D eigenvalue weighted by Gasteiger charge is -2.08. The number of carbonyl (C=O) groups is 1. The Balaban J connectivity index is 2.86. The molecule has 0 spiro atoms. The van der Waals surface area contributed by atoms with E-state index in [-0.39, 0.29) is 16.3 Å². The summed E-state index contributed by atoms with van der Waals surface area (Å²) in [6.45, 7) is 4.63. The van der Waals surface area contributed by atoms with Crippen molar-refractivity contribution in [3.63, 3.8) is 0 Å². The van der Waals surface area contributed by atoms with E-state index in [9.17, 15) is 9.59 Å². The fourth-order valence-corrected chi connectivity index (χ4v) is 1.83. The molecule has 0 amide bonds. The van der Waals surface area contributed by atoms with Gasteiger partial charge in [-0.05, 0) is 5.92 Å². The maximum Gasteiger partial charge on any atom is 0.313 e. The zero-order valence-electron chi connectivity index (χ0n) is 9.21. The van der Waals surface area contributed by atoms with Crippen molar-refractivity contribution in [1.82, 2.24) is 9.55 Å². The molecular formula is C10H14N2O3S. The molecule has 6 heteroatoms. The fourth-order valence-electron chi connectivity index (χ4n) is 1.19. The first-order valence-electron chi connectivity index (χ1n) is 4.90. The van der Waals surface area contributed by atoms with Gasteiger partial charge in [0, 0.05) is 18.9 Å². The van der Waals surface area contributed by atoms with E-state index in [4.69, 9.17) is 5.11 Å². The third-order valence-electron chi connectivity index (χ3n) is 1.78. The van der Waals surface area contributed by atoms with Gasteiger partial charge in [-0.2, -0.15) is 0 Å². The number of carboxylic acid groups (broad SMARTS) is 1. The number of nitrogens with zero attached hydrogens (tertiary/aromatic N) is 2. The molecule has 0 saturated carbocycles. The minimum absolute atomic E-state index is 0.145. The molecule has 1 aromatic heterocycles. The highest BCUT2D eigenvalue weighted by Crippen LogP contribution is 2.09. The summed E-state index contributed by atoms with van der Waals surface area (Å²) in [4.78, 5) is 26.1. The van der Waals surface area contributed by atoms with Crippen molar-refractivity contribution in [3.05, 3.63) is 22.7 Å². The molecule has 1 rings (SSSR count). The van der Waals surface area contributed by atoms with Crippen molar-refractivity contribution in [3.8, 4) is 0 Å². The van der Waals surface area contributed by atoms with E-state index in [1.54, 1.807) is 10.8 Å². The Kier molecular flexibility index (Phi) is 4.54. The van der Waals surface area contributed by atoms with Crippen LogP contribution in [0.25, 0.3) is 0 Å². The average molecular weight is 242 g/mol. The van der Waals surface area contributed by atoms with Crippen LogP contribution in [0.1, 0.15) is 13.8 Å². The molecule has 0 radical (unpaired) electrons. The fraction of sp³-hybridized carbons (Fsp3) is 0.500. The Morgan fingerprint density at radius 3 is 2.88 bits per heavy atom. The second-order valence-corrected chi connectivity index (χ2v) is 4.73. The SMILES string of the molecule is CC(C)Cn1ccnc(SCC(=O)O)c1=O. The van der Waals surface area contributed by atoms with E-state index in [0.717, 1.165) is 11.8 Å². The molecule has 5 nitrogen and oxygen atoms in total. The Bertz CT molecular complexity index is 428. The van der Waals surface area contributed by atoms with Crippen molar-refractivity contribution in [1.29, 1.82) is 0 Å². The summed E-state index contributed by atoms with van der Waals surface area (Å²) in [5.74, 6) is -0.739. The van der Waals surface area contributed by atoms with Crippen LogP contribution in [-0.2, 0) is 11.3 Å². The summed E-state index contributed by atoms with van der Waals surface area (Å²) in [6.07, 6.45) is 3.14. The Hall–Kier alpha value is -1.30. The van der Waals surface area contributed by atoms with E-state index in [0.29, 0.717) is 12.5 Å². The zero-order chi connectivity index (χ0) is 12.1. The third-order valence-corrected chi connectivity index (χ3v) is 2.72. The van der Waals surface area contributed by atoms with Crippen molar-refractivity contribution >= 4 is 17.7 Å². The highest BCUT2D eigenvalue weighted by molar-refractivity contribution is 7.99. The molecule has 1 heterocycles. The second kappa shape index (κ2) is 5.69. The molecule has 0 bridgehead atoms. The van der Waals surface area contributed by atoms with Gasteiger partial charge in [-0.3, -0.25) is 9.59 Å². The lowest BCUT2D eigenvalue weighted by molar-refractivity contribution is -0.133. The van der Waals surface area contributed by atoms with Crippen molar-refractivity contribution in [2.45, 2.75) is 25.4 Å². The van der Waals surface area contributed by atoms with Gasteiger partial charge in [0.1, 0.15) is 0 Å². The average Bonchev–Trinajstić information content (AvgIpc) is 2.18. The standard InChI is InChI=1S/C10H14N2O3S/c1-7(2)5-12-4-3-11-9(10(12)15)16-6-8(13)14/h3-4,7H,5-6H2,1-2H3,(H,13,14). The summed E-state index contributed by atoms with van der Waals surface area (Å²) in [5, 5.41) is 8.76. The van der Waals surface area contributed by atoms with E-state index in [1.807, 2.05) is 13.8 Å². The number of aromatic nitrogens is 2. The normalized spacial score (nSPS) is 10.7. The zero-order valence-corrected chi connectivity index (χ0v) is 10.0. The first-order chi connectivity index (χ1) is 7.50. The number of hydrogen-bond donors (Lipinski definition) is 1. The minimum Gasteiger partial charge on any atom is -0.481 e. The smallest absolute Gasteiger partial charge is 0.313 e. The molecule has 0 aliphatic carbocycles. The summed E-state index contributed by atoms with van der Waals surface area (Å²) in [6, 6.07) is 0. The summed E-state index contributed by atoms with van der Waals surface area (Å²) >= 11 is 0.952. The van der Waals surface area contributed by atoms with Gasteiger partial charge >= 0.3 is 5.97 Å². The van der Waals surface area contributed by atoms with E-state index in [1.165, 1.54) is 6.20 Å². The Labute approximate surface area is 97.5 Å². The predicted molar refractivity (Wildman–Crippen MR) is 61.7 cm³/mol. The van der Waals surface area contributed by atoms with Crippen LogP contribution >= 0.6 is 11.8 Å². The van der Waals surface area contributed by atoms with Crippen molar-refractivity contribution < 1.29 is 9.90 Å². The van der Waals surface area contributed by atoms with Gasteiger partial charge in [-0.25, -0.2) is 4.98 Å². The van der Waals surface area contributed by atoms with Gasteiger partial charge in [0.05, 0.1) is 5.75 Å². The number of rotatable bonds is 5. The summed E-state index contributed by atoms with van der Waals surface area (Å²) in [5.41, 5.74) is -0.220. The summed E-state index contributed by atoms with van der Waals surface area (Å²) < 4.78 is 1.56. The van der Waals surface area contributed by atoms with Crippen molar-refractivity contribution in [2.75, 3.05) is 5.75 Å². The molecule has 0 unspecified atom stereocenters. The second-order valence-electron chi connectivity index (χ2n) is 3.77. The summed E-state index contributed by atoms with van der Waals surface area (Å²) in [7, 11) is 0. The Morgan fingerprint density at radius 1 is 1.62 bits per heavy atom. The maximum absolute atomic E-state index is 11.8. The molecule has 88 valence electrons. The number of hydrogen-bond acceptors (Lipinski definition) is 4. The molecule has 1 N–H and O–H groups in total. The van der Waals surface area contributed by atoms with E-state index >= 15 is 0 Å². The lowest BCUT2D eigenvalue weighted by atomic mass is 10.2. The first-order valence-corrected chi connectivity index (χ1v) is 5.89. The molecule has 0 aliphatic heterocycles. The number of aliphatic carboxylic acids is 1. The van der Waals surface area contributed by atoms with Crippen LogP contribution in [0.4, 0.5) is 0 Å². The molecule has 0 fully saturated rings. The first kappa shape index (κ1) is 12.8. The monoisotopic (exact) mass is 242 g/mol. The van der Waals surface area contributed by atoms with Gasteiger partial charge in [-0.1, -0.05) is 25.6 Å². The van der Waals surface area contributed by atoms with Gasteiger partial charge in [-0.15, -0.1) is 0 Å². The number of carboxylic acids is 1. The van der Waals surface area contributed by atoms with Gasteiger partial charge < -0.3 is 9.67 Å². The minimum atomic E-state index is -0.953. The Morgan fingerprint density at radius 2 is 2.31 bits per heavy atom. The van der Waals surface area contributed by atoms with Crippen molar-refractivity contribution in [2.24, 2.45) is 5.92 Å². The van der Waals surface area contributed by atoms with E-state index in [2.05, 4.69) is 4.98 Å². The van der Waals surface area contributed by atoms with E-state index < -0.39 is 5.97 Å². The molecule has 0 aliphatic rings. The van der Waals surface area contributed by atoms with Gasteiger partial charge in [0.15, 0.2) is 5.03 Å². The van der Waals surface area contributed by atoms with Gasteiger partial charge in [0.25, 0.3) is 5.56 Å². The van der Waals surface area contributed by atoms with Crippen LogP contribution < -0.4 is 5.56 Å². The topological polar surface area (TPSA) is 72.2 Å². The predicted octanol–water partition coefficient (Wildman–Crippen LogP) is 1.08. The molecule has 0 saturated heterocycles. The molecular weight excluding hydrogens is 228 g/mol. The highest BCUT2D eigenvalue weighted by atomic mass is 32.2. The number of thioether (sulfide) groups is 1. The largest absolute Gasteiger partial charge is 0.481 e. The molecule has 1 aromatic rings. The van der Waals surface area contributed by atoms with Crippen LogP contribution in [0.15, 0.2) is 22.2 Å². The third kappa shape index (κ3) is 3.69. The molecule has 0 atom stereocenters. The highest BCUT2D eigenvalue weighted by Gasteiger charge is 2.08. The molecule has 16 heavy (non-hydrogen) atoms. The van der Waals surface area contributed by atoms with Crippen LogP contribution in [0, 0.1) is 5.92 Å². The quantitative estimate of drug-likeness (QED) is 0.782. The maximum atomic E-state index is 11.8. The van der Waals surface area contributed by atoms with Crippen LogP contribution in [0.5, 0.6) is 0 Å².